The minimum Gasteiger partial charge on any atom is -0.456 e. The molecule has 2 N–H and O–H groups in total. The highest BCUT2D eigenvalue weighted by atomic mass is 31.2. The van der Waals surface area contributed by atoms with Crippen molar-refractivity contribution >= 4 is 19.7 Å². The number of hydrogen-bond acceptors (Lipinski definition) is 6. The molecule has 0 bridgehead atoms. The summed E-state index contributed by atoms with van der Waals surface area (Å²) in [5.41, 5.74) is 0. The van der Waals surface area contributed by atoms with Crippen LogP contribution in [0.2, 0.25) is 0 Å². The zero-order valence-electron chi connectivity index (χ0n) is 58.9. The van der Waals surface area contributed by atoms with Gasteiger partial charge in [-0.2, -0.15) is 0 Å². The van der Waals surface area contributed by atoms with Gasteiger partial charge in [-0.1, -0.05) is 310 Å². The molecule has 0 aliphatic rings. The van der Waals surface area contributed by atoms with Gasteiger partial charge in [-0.3, -0.25) is 18.6 Å². The van der Waals surface area contributed by atoms with Crippen molar-refractivity contribution in [2.45, 2.75) is 341 Å². The van der Waals surface area contributed by atoms with E-state index in [4.69, 9.17) is 13.8 Å². The minimum atomic E-state index is -4.46. The van der Waals surface area contributed by atoms with E-state index in [9.17, 15) is 19.0 Å². The first-order valence-corrected chi connectivity index (χ1v) is 38.7. The van der Waals surface area contributed by atoms with Gasteiger partial charge >= 0.3 is 13.8 Å². The second-order valence-corrected chi connectivity index (χ2v) is 27.5. The van der Waals surface area contributed by atoms with E-state index in [1.165, 1.54) is 180 Å². The van der Waals surface area contributed by atoms with Crippen LogP contribution in [0.1, 0.15) is 329 Å². The lowest BCUT2D eigenvalue weighted by atomic mass is 10.0. The molecule has 1 amide bonds. The van der Waals surface area contributed by atoms with Crippen molar-refractivity contribution in [3.8, 4) is 0 Å². The van der Waals surface area contributed by atoms with Crippen LogP contribution in [0, 0.1) is 0 Å². The van der Waals surface area contributed by atoms with Crippen molar-refractivity contribution in [2.75, 3.05) is 40.9 Å². The van der Waals surface area contributed by atoms with E-state index in [1.807, 2.05) is 33.3 Å². The number of phosphoric acid groups is 1. The van der Waals surface area contributed by atoms with Crippen LogP contribution in [0.5, 0.6) is 0 Å². The van der Waals surface area contributed by atoms with Gasteiger partial charge in [0.2, 0.25) is 5.91 Å². The highest BCUT2D eigenvalue weighted by Crippen LogP contribution is 2.43. The largest absolute Gasteiger partial charge is 0.472 e. The summed E-state index contributed by atoms with van der Waals surface area (Å²) in [5.74, 6) is -0.509. The van der Waals surface area contributed by atoms with Crippen LogP contribution in [0.3, 0.4) is 0 Å². The Morgan fingerprint density at radius 2 is 0.719 bits per heavy atom. The third kappa shape index (κ3) is 68.9. The van der Waals surface area contributed by atoms with E-state index in [0.717, 1.165) is 116 Å². The van der Waals surface area contributed by atoms with E-state index < -0.39 is 20.0 Å². The number of esters is 1. The van der Waals surface area contributed by atoms with Crippen molar-refractivity contribution in [2.24, 2.45) is 0 Å². The normalized spacial score (nSPS) is 14.1. The van der Waals surface area contributed by atoms with Crippen LogP contribution in [0.15, 0.2) is 109 Å². The fourth-order valence-corrected chi connectivity index (χ4v) is 11.2. The van der Waals surface area contributed by atoms with E-state index in [2.05, 4.69) is 123 Å². The predicted molar refractivity (Wildman–Crippen MR) is 387 cm³/mol. The lowest BCUT2D eigenvalue weighted by Gasteiger charge is -2.27. The van der Waals surface area contributed by atoms with Gasteiger partial charge in [-0.15, -0.1) is 0 Å². The topological polar surface area (TPSA) is 111 Å². The number of hydrogen-bond donors (Lipinski definition) is 2. The molecule has 89 heavy (non-hydrogen) atoms. The molecule has 9 nitrogen and oxygen atoms in total. The third-order valence-electron chi connectivity index (χ3n) is 16.2. The van der Waals surface area contributed by atoms with Crippen molar-refractivity contribution < 1.29 is 37.3 Å². The number of likely N-dealkylation sites (N-methyl/N-ethyl adjacent to an activating group) is 1. The Kier molecular flexibility index (Phi) is 65.0. The zero-order valence-corrected chi connectivity index (χ0v) is 59.8. The first-order valence-electron chi connectivity index (χ1n) is 37.2. The molecule has 0 aromatic carbocycles. The summed E-state index contributed by atoms with van der Waals surface area (Å²) in [5, 5.41) is 3.07. The maximum Gasteiger partial charge on any atom is 0.472 e. The Balaban J connectivity index is 4.97. The number of nitrogens with one attached hydrogen (secondary N) is 1. The number of allylic oxidation sites excluding steroid dienone is 17. The molecule has 0 spiro atoms. The summed E-state index contributed by atoms with van der Waals surface area (Å²) in [6, 6.07) is -0.859. The zero-order chi connectivity index (χ0) is 64.9. The summed E-state index contributed by atoms with van der Waals surface area (Å²) in [6.45, 7) is 6.88. The minimum absolute atomic E-state index is 0.0350. The maximum absolute atomic E-state index is 13.6. The lowest BCUT2D eigenvalue weighted by Crippen LogP contribution is -2.47. The fraction of sp³-hybridized carbons (Fsp3) is 0.747. The lowest BCUT2D eigenvalue weighted by molar-refractivity contribution is -0.870. The SMILES string of the molecule is CC/C=C\C/C=C\C/C=C\C/C=C\C/C=C\CCCCCCCCCCCC(=O)NC(COP(=O)(O)OCC[N+](C)(C)C)C(/C=C/CCCCCCCCCCC)OC(=O)CCCCCCCCCCCCCCCC/C=C\C/C=C\C/C=C\CCCCC. The molecule has 0 rings (SSSR count). The van der Waals surface area contributed by atoms with Crippen LogP contribution in [0.4, 0.5) is 0 Å². The van der Waals surface area contributed by atoms with Crippen LogP contribution >= 0.6 is 7.82 Å². The molecule has 3 unspecified atom stereocenters. The Morgan fingerprint density at radius 3 is 1.10 bits per heavy atom. The van der Waals surface area contributed by atoms with Crippen LogP contribution in [-0.2, 0) is 27.9 Å². The molecular weight excluding hydrogens is 1120 g/mol. The second-order valence-electron chi connectivity index (χ2n) is 26.1. The standard InChI is InChI=1S/C79H141N2O7P/c1-7-10-13-16-19-22-25-27-29-31-33-35-37-39-40-42-44-46-48-50-52-54-57-60-63-66-69-72-79(83)88-77(70-67-64-61-58-55-24-21-18-15-12-9-3)76(75-87-89(84,85)86-74-73-81(4,5)6)80-78(82)71-68-65-62-59-56-53-51-49-47-45-43-41-38-36-34-32-30-28-26-23-20-17-14-11-8-2/h11,14,19-20,22-23,27-30,33-36,41,43,67,70,76-77H,7-10,12-13,15-18,21,24-26,31-32,37-40,42,44-66,68-69,71-75H2,1-6H3,(H-,80,82,84,85)/p+1/b14-11-,22-19-,23-20-,29-27-,30-28-,35-33-,36-34-,43-41-,70-67+. The average molecular weight is 1260 g/mol. The molecule has 0 radical (unpaired) electrons. The van der Waals surface area contributed by atoms with Gasteiger partial charge in [0.05, 0.1) is 33.8 Å². The van der Waals surface area contributed by atoms with Gasteiger partial charge in [0.15, 0.2) is 0 Å². The molecule has 0 saturated heterocycles. The van der Waals surface area contributed by atoms with Crippen LogP contribution in [0.25, 0.3) is 0 Å². The number of rotatable bonds is 67. The number of carbonyl (C=O) groups excluding carboxylic acids is 2. The van der Waals surface area contributed by atoms with E-state index >= 15 is 0 Å². The molecule has 0 aromatic rings. The van der Waals surface area contributed by atoms with Crippen LogP contribution < -0.4 is 5.32 Å². The van der Waals surface area contributed by atoms with Gasteiger partial charge < -0.3 is 19.4 Å². The molecular formula is C79H142N2O7P+. The first kappa shape index (κ1) is 85.7. The molecule has 0 saturated carbocycles. The Hall–Kier alpha value is -3.33. The fourth-order valence-electron chi connectivity index (χ4n) is 10.5. The van der Waals surface area contributed by atoms with Crippen molar-refractivity contribution in [3.05, 3.63) is 109 Å². The highest BCUT2D eigenvalue weighted by Gasteiger charge is 2.30. The van der Waals surface area contributed by atoms with Gasteiger partial charge in [0.25, 0.3) is 0 Å². The van der Waals surface area contributed by atoms with E-state index in [1.54, 1.807) is 0 Å². The van der Waals surface area contributed by atoms with Crippen LogP contribution in [-0.4, -0.2) is 74.3 Å². The van der Waals surface area contributed by atoms with Crippen molar-refractivity contribution in [3.63, 3.8) is 0 Å². The molecule has 0 fully saturated rings. The number of quaternary nitrogens is 1. The molecule has 0 aliphatic heterocycles. The summed E-state index contributed by atoms with van der Waals surface area (Å²) in [6.07, 6.45) is 93.9. The monoisotopic (exact) mass is 1260 g/mol. The quantitative estimate of drug-likeness (QED) is 0.0205. The second kappa shape index (κ2) is 67.6. The predicted octanol–water partition coefficient (Wildman–Crippen LogP) is 24.0. The maximum atomic E-state index is 13.6. The molecule has 0 heterocycles. The molecule has 0 aromatic heterocycles. The first-order chi connectivity index (χ1) is 43.4. The highest BCUT2D eigenvalue weighted by molar-refractivity contribution is 7.47. The Morgan fingerprint density at radius 1 is 0.404 bits per heavy atom. The summed E-state index contributed by atoms with van der Waals surface area (Å²) in [4.78, 5) is 37.9. The van der Waals surface area contributed by atoms with E-state index in [-0.39, 0.29) is 31.5 Å². The Labute approximate surface area is 551 Å². The van der Waals surface area contributed by atoms with Crippen molar-refractivity contribution in [1.82, 2.24) is 5.32 Å². The number of unbranched alkanes of at least 4 members (excludes halogenated alkanes) is 35. The van der Waals surface area contributed by atoms with Gasteiger partial charge in [-0.05, 0) is 115 Å². The number of amides is 1. The molecule has 10 heteroatoms. The average Bonchev–Trinajstić information content (AvgIpc) is 3.62. The molecule has 514 valence electrons. The van der Waals surface area contributed by atoms with E-state index in [0.29, 0.717) is 17.4 Å². The van der Waals surface area contributed by atoms with Crippen molar-refractivity contribution in [1.29, 1.82) is 0 Å². The van der Waals surface area contributed by atoms with Gasteiger partial charge in [0, 0.05) is 12.8 Å². The Bertz CT molecular complexity index is 1890. The summed E-state index contributed by atoms with van der Waals surface area (Å²) < 4.78 is 30.8. The van der Waals surface area contributed by atoms with Gasteiger partial charge in [0.1, 0.15) is 19.3 Å². The summed E-state index contributed by atoms with van der Waals surface area (Å²) >= 11 is 0. The number of carbonyl (C=O) groups is 2. The molecule has 3 atom stereocenters. The summed E-state index contributed by atoms with van der Waals surface area (Å²) in [7, 11) is 1.49. The number of ether oxygens (including phenoxy) is 1. The number of phosphoric ester groups is 1. The number of nitrogens with zero attached hydrogens (tertiary/aromatic N) is 1. The molecule has 0 aliphatic carbocycles. The smallest absolute Gasteiger partial charge is 0.456 e. The third-order valence-corrected chi connectivity index (χ3v) is 17.2. The van der Waals surface area contributed by atoms with Gasteiger partial charge in [-0.25, -0.2) is 4.57 Å².